The smallest absolute Gasteiger partial charge is 0.157 e. The Morgan fingerprint density at radius 2 is 1.92 bits per heavy atom. The van der Waals surface area contributed by atoms with Gasteiger partial charge in [0.25, 0.3) is 0 Å². The van der Waals surface area contributed by atoms with E-state index in [9.17, 15) is 10.2 Å². The molecule has 1 heterocycles. The van der Waals surface area contributed by atoms with Gasteiger partial charge in [0.1, 0.15) is 0 Å². The maximum atomic E-state index is 9.97. The highest BCUT2D eigenvalue weighted by Crippen LogP contribution is 2.50. The lowest BCUT2D eigenvalue weighted by Gasteiger charge is -2.36. The largest absolute Gasteiger partial charge is 0.504 e. The van der Waals surface area contributed by atoms with Crippen LogP contribution in [0.4, 0.5) is 0 Å². The SMILES string of the molecule is Br.CCCCc1nc2c(s1)CC[C@H]1CCc3cc(O)c(O)cc3[C@H]21. The molecule has 0 unspecified atom stereocenters. The first-order chi connectivity index (χ1) is 11.2. The number of thiazole rings is 1. The van der Waals surface area contributed by atoms with Crippen LogP contribution >= 0.6 is 28.3 Å². The van der Waals surface area contributed by atoms with Crippen LogP contribution < -0.4 is 0 Å². The van der Waals surface area contributed by atoms with Crippen molar-refractivity contribution >= 4 is 28.3 Å². The monoisotopic (exact) mass is 409 g/mol. The fraction of sp³-hybridized carbons (Fsp3) is 0.526. The van der Waals surface area contributed by atoms with E-state index in [0.717, 1.165) is 25.7 Å². The summed E-state index contributed by atoms with van der Waals surface area (Å²) in [5, 5.41) is 21.0. The van der Waals surface area contributed by atoms with Crippen LogP contribution in [0.15, 0.2) is 12.1 Å². The molecule has 1 aromatic carbocycles. The van der Waals surface area contributed by atoms with Gasteiger partial charge in [-0.25, -0.2) is 4.98 Å². The Morgan fingerprint density at radius 3 is 2.71 bits per heavy atom. The molecule has 2 aliphatic rings. The van der Waals surface area contributed by atoms with E-state index in [0.29, 0.717) is 11.8 Å². The van der Waals surface area contributed by atoms with Gasteiger partial charge in [-0.05, 0) is 67.7 Å². The third-order valence-electron chi connectivity index (χ3n) is 5.38. The minimum atomic E-state index is -0.00189. The molecule has 0 spiro atoms. The first-order valence-electron chi connectivity index (χ1n) is 8.70. The summed E-state index contributed by atoms with van der Waals surface area (Å²) in [5.41, 5.74) is 3.62. The van der Waals surface area contributed by atoms with Crippen molar-refractivity contribution in [2.45, 2.75) is 57.8 Å². The molecule has 2 atom stereocenters. The first-order valence-corrected chi connectivity index (χ1v) is 9.52. The van der Waals surface area contributed by atoms with E-state index in [2.05, 4.69) is 6.92 Å². The van der Waals surface area contributed by atoms with E-state index < -0.39 is 0 Å². The molecule has 0 radical (unpaired) electrons. The number of aromatic hydroxyl groups is 2. The summed E-state index contributed by atoms with van der Waals surface area (Å²) < 4.78 is 0. The van der Waals surface area contributed by atoms with Crippen molar-refractivity contribution in [2.75, 3.05) is 0 Å². The standard InChI is InChI=1S/C19H23NO2S.BrH/c1-2-3-4-17-20-19-16(23-17)8-7-11-5-6-12-9-14(21)15(22)10-13(12)18(11)19;/h9-11,18,21-22H,2-8H2,1H3;1H/t11-,18-;/m1./s1. The van der Waals surface area contributed by atoms with Gasteiger partial charge in [0.2, 0.25) is 0 Å². The van der Waals surface area contributed by atoms with Gasteiger partial charge < -0.3 is 10.2 Å². The summed E-state index contributed by atoms with van der Waals surface area (Å²) in [6.45, 7) is 2.22. The van der Waals surface area contributed by atoms with Crippen molar-refractivity contribution < 1.29 is 10.2 Å². The average Bonchev–Trinajstić information content (AvgIpc) is 2.96. The number of rotatable bonds is 3. The van der Waals surface area contributed by atoms with Gasteiger partial charge in [-0.15, -0.1) is 28.3 Å². The van der Waals surface area contributed by atoms with E-state index in [4.69, 9.17) is 4.98 Å². The zero-order chi connectivity index (χ0) is 16.0. The maximum Gasteiger partial charge on any atom is 0.157 e. The highest BCUT2D eigenvalue weighted by atomic mass is 79.9. The molecular weight excluding hydrogens is 386 g/mol. The van der Waals surface area contributed by atoms with E-state index in [1.165, 1.54) is 46.0 Å². The maximum absolute atomic E-state index is 9.97. The number of phenolic OH excluding ortho intramolecular Hbond substituents is 2. The van der Waals surface area contributed by atoms with Crippen LogP contribution in [-0.4, -0.2) is 15.2 Å². The summed E-state index contributed by atoms with van der Waals surface area (Å²) >= 11 is 1.89. The van der Waals surface area contributed by atoms with Crippen LogP contribution in [0.5, 0.6) is 11.5 Å². The molecule has 0 aliphatic heterocycles. The summed E-state index contributed by atoms with van der Waals surface area (Å²) in [6, 6.07) is 3.53. The van der Waals surface area contributed by atoms with Crippen molar-refractivity contribution in [3.63, 3.8) is 0 Å². The van der Waals surface area contributed by atoms with Gasteiger partial charge in [0.05, 0.1) is 10.7 Å². The molecular formula is C19H24BrNO2S. The number of benzene rings is 1. The normalized spacial score (nSPS) is 21.4. The highest BCUT2D eigenvalue weighted by molar-refractivity contribution is 8.93. The Kier molecular flexibility index (Phi) is 5.21. The fourth-order valence-corrected chi connectivity index (χ4v) is 5.34. The lowest BCUT2D eigenvalue weighted by molar-refractivity contribution is 0.354. The van der Waals surface area contributed by atoms with Gasteiger partial charge in [-0.1, -0.05) is 13.3 Å². The molecule has 0 fully saturated rings. The quantitative estimate of drug-likeness (QED) is 0.691. The minimum absolute atomic E-state index is 0. The third-order valence-corrected chi connectivity index (χ3v) is 6.57. The summed E-state index contributed by atoms with van der Waals surface area (Å²) in [7, 11) is 0. The predicted molar refractivity (Wildman–Crippen MR) is 103 cm³/mol. The van der Waals surface area contributed by atoms with Crippen LogP contribution in [0.2, 0.25) is 0 Å². The number of aryl methyl sites for hydroxylation is 3. The van der Waals surface area contributed by atoms with Crippen molar-refractivity contribution in [2.24, 2.45) is 5.92 Å². The molecule has 2 aromatic rings. The average molecular weight is 410 g/mol. The molecule has 4 rings (SSSR count). The molecule has 5 heteroatoms. The van der Waals surface area contributed by atoms with Crippen LogP contribution in [0, 0.1) is 5.92 Å². The lowest BCUT2D eigenvalue weighted by atomic mass is 9.69. The van der Waals surface area contributed by atoms with Crippen LogP contribution in [0.3, 0.4) is 0 Å². The molecule has 3 nitrogen and oxygen atoms in total. The Hall–Kier alpha value is -1.07. The number of nitrogens with zero attached hydrogens (tertiary/aromatic N) is 1. The molecule has 2 N–H and O–H groups in total. The predicted octanol–water partition coefficient (Wildman–Crippen LogP) is 5.12. The fourth-order valence-electron chi connectivity index (χ4n) is 4.17. The second-order valence-electron chi connectivity index (χ2n) is 6.87. The van der Waals surface area contributed by atoms with Crippen molar-refractivity contribution in [1.82, 2.24) is 4.98 Å². The highest BCUT2D eigenvalue weighted by Gasteiger charge is 2.37. The topological polar surface area (TPSA) is 53.4 Å². The third kappa shape index (κ3) is 2.97. The van der Waals surface area contributed by atoms with Crippen LogP contribution in [0.25, 0.3) is 0 Å². The molecule has 0 saturated carbocycles. The number of aromatic nitrogens is 1. The zero-order valence-electron chi connectivity index (χ0n) is 13.9. The van der Waals surface area contributed by atoms with Gasteiger partial charge in [-0.2, -0.15) is 0 Å². The van der Waals surface area contributed by atoms with E-state index >= 15 is 0 Å². The zero-order valence-corrected chi connectivity index (χ0v) is 16.4. The first kappa shape index (κ1) is 17.7. The molecule has 0 saturated heterocycles. The molecule has 24 heavy (non-hydrogen) atoms. The van der Waals surface area contributed by atoms with Gasteiger partial charge in [-0.3, -0.25) is 0 Å². The second kappa shape index (κ2) is 7.04. The van der Waals surface area contributed by atoms with Gasteiger partial charge >= 0.3 is 0 Å². The van der Waals surface area contributed by atoms with E-state index in [1.54, 1.807) is 12.1 Å². The van der Waals surface area contributed by atoms with Crippen molar-refractivity contribution in [3.05, 3.63) is 38.8 Å². The van der Waals surface area contributed by atoms with E-state index in [1.807, 2.05) is 11.3 Å². The second-order valence-corrected chi connectivity index (χ2v) is 8.04. The molecule has 0 amide bonds. The number of halogens is 1. The number of fused-ring (bicyclic) bond motifs is 5. The molecule has 0 bridgehead atoms. The Balaban J connectivity index is 0.00000169. The molecule has 1 aromatic heterocycles. The Morgan fingerprint density at radius 1 is 1.17 bits per heavy atom. The van der Waals surface area contributed by atoms with Crippen molar-refractivity contribution in [1.29, 1.82) is 0 Å². The van der Waals surface area contributed by atoms with Crippen LogP contribution in [0.1, 0.15) is 65.2 Å². The van der Waals surface area contributed by atoms with E-state index in [-0.39, 0.29) is 28.5 Å². The molecule has 130 valence electrons. The number of hydrogen-bond donors (Lipinski definition) is 2. The van der Waals surface area contributed by atoms with Gasteiger partial charge in [0.15, 0.2) is 11.5 Å². The summed E-state index contributed by atoms with van der Waals surface area (Å²) in [6.07, 6.45) is 8.00. The number of hydrogen-bond acceptors (Lipinski definition) is 4. The van der Waals surface area contributed by atoms with Gasteiger partial charge in [0, 0.05) is 10.8 Å². The number of unbranched alkanes of at least 4 members (excludes halogenated alkanes) is 1. The summed E-state index contributed by atoms with van der Waals surface area (Å²) in [4.78, 5) is 6.44. The Bertz CT molecular complexity index is 743. The molecule has 2 aliphatic carbocycles. The van der Waals surface area contributed by atoms with Crippen molar-refractivity contribution in [3.8, 4) is 11.5 Å². The summed E-state index contributed by atoms with van der Waals surface area (Å²) in [5.74, 6) is 0.929. The number of phenols is 2. The van der Waals surface area contributed by atoms with Crippen LogP contribution in [-0.2, 0) is 19.3 Å². The minimum Gasteiger partial charge on any atom is -0.504 e. The Labute approximate surface area is 157 Å². The lowest BCUT2D eigenvalue weighted by Crippen LogP contribution is -2.26.